The normalized spacial score (nSPS) is 11.5. The lowest BCUT2D eigenvalue weighted by Gasteiger charge is -2.18. The Hall–Kier alpha value is -2.40. The summed E-state index contributed by atoms with van der Waals surface area (Å²) in [5, 5.41) is 3.31. The zero-order valence-electron chi connectivity index (χ0n) is 13.8. The van der Waals surface area contributed by atoms with Gasteiger partial charge >= 0.3 is 0 Å². The van der Waals surface area contributed by atoms with Crippen LogP contribution in [0.15, 0.2) is 42.5 Å². The Labute approximate surface area is 146 Å². The summed E-state index contributed by atoms with van der Waals surface area (Å²) in [5.74, 6) is 1.58. The molecule has 1 unspecified atom stereocenters. The van der Waals surface area contributed by atoms with E-state index in [9.17, 15) is 4.79 Å². The van der Waals surface area contributed by atoms with E-state index in [2.05, 4.69) is 5.32 Å². The van der Waals surface area contributed by atoms with E-state index in [0.29, 0.717) is 28.6 Å². The minimum Gasteiger partial charge on any atom is -0.497 e. The summed E-state index contributed by atoms with van der Waals surface area (Å²) in [6.45, 7) is 1.88. The van der Waals surface area contributed by atoms with Gasteiger partial charge in [0.15, 0.2) is 6.10 Å². The molecule has 0 aromatic heterocycles. The van der Waals surface area contributed by atoms with Gasteiger partial charge in [0.05, 0.1) is 19.9 Å². The molecular weight excluding hydrogens is 330 g/mol. The molecule has 0 bridgehead atoms. The van der Waals surface area contributed by atoms with E-state index in [1.54, 1.807) is 49.6 Å². The largest absolute Gasteiger partial charge is 0.497 e. The van der Waals surface area contributed by atoms with Crippen molar-refractivity contribution >= 4 is 23.2 Å². The zero-order chi connectivity index (χ0) is 17.5. The van der Waals surface area contributed by atoms with E-state index in [-0.39, 0.29) is 5.91 Å². The Morgan fingerprint density at radius 1 is 1.08 bits per heavy atom. The minimum atomic E-state index is -0.637. The van der Waals surface area contributed by atoms with Crippen molar-refractivity contribution in [1.29, 1.82) is 0 Å². The highest BCUT2D eigenvalue weighted by molar-refractivity contribution is 6.31. The van der Waals surface area contributed by atoms with E-state index in [4.69, 9.17) is 25.8 Å². The first-order chi connectivity index (χ1) is 11.6. The second-order valence-electron chi connectivity index (χ2n) is 5.02. The number of hydrogen-bond donors (Lipinski definition) is 1. The van der Waals surface area contributed by atoms with Crippen molar-refractivity contribution in [2.75, 3.05) is 19.5 Å². The third kappa shape index (κ3) is 4.55. The lowest BCUT2D eigenvalue weighted by molar-refractivity contribution is -0.122. The molecule has 6 heteroatoms. The molecule has 1 N–H and O–H groups in total. The van der Waals surface area contributed by atoms with Crippen LogP contribution in [0.1, 0.15) is 13.3 Å². The number of halogens is 1. The molecule has 24 heavy (non-hydrogen) atoms. The molecule has 2 aromatic carbocycles. The van der Waals surface area contributed by atoms with Crippen molar-refractivity contribution in [2.45, 2.75) is 19.4 Å². The van der Waals surface area contributed by atoms with Gasteiger partial charge in [-0.1, -0.05) is 18.5 Å². The summed E-state index contributed by atoms with van der Waals surface area (Å²) in [7, 11) is 3.13. The third-order valence-corrected chi connectivity index (χ3v) is 3.66. The minimum absolute atomic E-state index is 0.270. The van der Waals surface area contributed by atoms with Gasteiger partial charge in [-0.3, -0.25) is 4.79 Å². The highest BCUT2D eigenvalue weighted by atomic mass is 35.5. The van der Waals surface area contributed by atoms with Gasteiger partial charge in [0, 0.05) is 5.02 Å². The molecular formula is C18H20ClNO4. The maximum atomic E-state index is 12.5. The van der Waals surface area contributed by atoms with E-state index < -0.39 is 6.10 Å². The van der Waals surface area contributed by atoms with Crippen molar-refractivity contribution in [3.05, 3.63) is 47.5 Å². The van der Waals surface area contributed by atoms with Gasteiger partial charge in [-0.2, -0.15) is 0 Å². The number of rotatable bonds is 7. The number of anilines is 1. The monoisotopic (exact) mass is 349 g/mol. The molecule has 1 atom stereocenters. The van der Waals surface area contributed by atoms with Crippen LogP contribution in [0.2, 0.25) is 5.02 Å². The van der Waals surface area contributed by atoms with Gasteiger partial charge in [-0.15, -0.1) is 0 Å². The Balaban J connectivity index is 2.09. The van der Waals surface area contributed by atoms with Crippen molar-refractivity contribution in [3.8, 4) is 17.2 Å². The Bertz CT molecular complexity index is 688. The fourth-order valence-corrected chi connectivity index (χ4v) is 2.30. The molecule has 0 saturated carbocycles. The average molecular weight is 350 g/mol. The SMILES string of the molecule is CCC(Oc1ccc(OC)cc1)C(=O)Nc1cc(Cl)ccc1OC. The summed E-state index contributed by atoms with van der Waals surface area (Å²) in [6, 6.07) is 12.1. The zero-order valence-corrected chi connectivity index (χ0v) is 14.6. The third-order valence-electron chi connectivity index (χ3n) is 3.42. The smallest absolute Gasteiger partial charge is 0.265 e. The van der Waals surface area contributed by atoms with Crippen molar-refractivity contribution in [1.82, 2.24) is 0 Å². The van der Waals surface area contributed by atoms with E-state index in [0.717, 1.165) is 5.75 Å². The number of carbonyl (C=O) groups is 1. The van der Waals surface area contributed by atoms with Crippen LogP contribution in [0, 0.1) is 0 Å². The fraction of sp³-hybridized carbons (Fsp3) is 0.278. The lowest BCUT2D eigenvalue weighted by Crippen LogP contribution is -2.32. The summed E-state index contributed by atoms with van der Waals surface area (Å²) in [6.07, 6.45) is -0.122. The van der Waals surface area contributed by atoms with Crippen LogP contribution in [0.5, 0.6) is 17.2 Å². The number of methoxy groups -OCH3 is 2. The van der Waals surface area contributed by atoms with Gasteiger partial charge in [0.25, 0.3) is 5.91 Å². The number of benzene rings is 2. The van der Waals surface area contributed by atoms with Gasteiger partial charge in [0.1, 0.15) is 17.2 Å². The molecule has 0 fully saturated rings. The van der Waals surface area contributed by atoms with Crippen molar-refractivity contribution in [3.63, 3.8) is 0 Å². The Morgan fingerprint density at radius 3 is 2.33 bits per heavy atom. The van der Waals surface area contributed by atoms with E-state index in [1.165, 1.54) is 7.11 Å². The number of nitrogens with one attached hydrogen (secondary N) is 1. The predicted octanol–water partition coefficient (Wildman–Crippen LogP) is 4.15. The topological polar surface area (TPSA) is 56.8 Å². The van der Waals surface area contributed by atoms with Gasteiger partial charge in [0.2, 0.25) is 0 Å². The molecule has 0 radical (unpaired) electrons. The van der Waals surface area contributed by atoms with Crippen LogP contribution in [-0.2, 0) is 4.79 Å². The molecule has 0 aliphatic carbocycles. The molecule has 0 aliphatic heterocycles. The maximum Gasteiger partial charge on any atom is 0.265 e. The van der Waals surface area contributed by atoms with Gasteiger partial charge in [-0.25, -0.2) is 0 Å². The number of hydrogen-bond acceptors (Lipinski definition) is 4. The quantitative estimate of drug-likeness (QED) is 0.815. The highest BCUT2D eigenvalue weighted by Gasteiger charge is 2.20. The number of carbonyl (C=O) groups excluding carboxylic acids is 1. The first-order valence-electron chi connectivity index (χ1n) is 7.52. The summed E-state index contributed by atoms with van der Waals surface area (Å²) in [5.41, 5.74) is 0.506. The average Bonchev–Trinajstić information content (AvgIpc) is 2.60. The predicted molar refractivity (Wildman–Crippen MR) is 94.3 cm³/mol. The fourth-order valence-electron chi connectivity index (χ4n) is 2.13. The first kappa shape index (κ1) is 17.9. The summed E-state index contributed by atoms with van der Waals surface area (Å²) >= 11 is 5.98. The van der Waals surface area contributed by atoms with Crippen LogP contribution >= 0.6 is 11.6 Å². The maximum absolute atomic E-state index is 12.5. The molecule has 2 aromatic rings. The van der Waals surface area contributed by atoms with Gasteiger partial charge < -0.3 is 19.5 Å². The second kappa shape index (κ2) is 8.45. The standard InChI is InChI=1S/C18H20ClNO4/c1-4-16(24-14-8-6-13(22-2)7-9-14)18(21)20-15-11-12(19)5-10-17(15)23-3/h5-11,16H,4H2,1-3H3,(H,20,21). The van der Waals surface area contributed by atoms with E-state index >= 15 is 0 Å². The van der Waals surface area contributed by atoms with Crippen LogP contribution < -0.4 is 19.5 Å². The van der Waals surface area contributed by atoms with Gasteiger partial charge in [-0.05, 0) is 48.9 Å². The summed E-state index contributed by atoms with van der Waals surface area (Å²) < 4.78 is 16.1. The van der Waals surface area contributed by atoms with Crippen molar-refractivity contribution in [2.24, 2.45) is 0 Å². The second-order valence-corrected chi connectivity index (χ2v) is 5.46. The molecule has 2 rings (SSSR count). The van der Waals surface area contributed by atoms with Crippen LogP contribution in [0.3, 0.4) is 0 Å². The van der Waals surface area contributed by atoms with E-state index in [1.807, 2.05) is 6.92 Å². The summed E-state index contributed by atoms with van der Waals surface area (Å²) in [4.78, 5) is 12.5. The molecule has 0 saturated heterocycles. The molecule has 0 aliphatic rings. The molecule has 128 valence electrons. The molecule has 0 heterocycles. The number of amides is 1. The lowest BCUT2D eigenvalue weighted by atomic mass is 10.2. The Morgan fingerprint density at radius 2 is 1.75 bits per heavy atom. The van der Waals surface area contributed by atoms with Crippen LogP contribution in [-0.4, -0.2) is 26.2 Å². The molecule has 1 amide bonds. The highest BCUT2D eigenvalue weighted by Crippen LogP contribution is 2.28. The van der Waals surface area contributed by atoms with Crippen LogP contribution in [0.25, 0.3) is 0 Å². The van der Waals surface area contributed by atoms with Crippen molar-refractivity contribution < 1.29 is 19.0 Å². The number of ether oxygens (including phenoxy) is 3. The van der Waals surface area contributed by atoms with Crippen LogP contribution in [0.4, 0.5) is 5.69 Å². The molecule has 5 nitrogen and oxygen atoms in total. The molecule has 0 spiro atoms. The Kier molecular flexibility index (Phi) is 6.32. The first-order valence-corrected chi connectivity index (χ1v) is 7.90.